The van der Waals surface area contributed by atoms with Crippen LogP contribution in [0.5, 0.6) is 11.5 Å². The highest BCUT2D eigenvalue weighted by Crippen LogP contribution is 2.42. The molecule has 0 saturated heterocycles. The number of hydrogen-bond acceptors (Lipinski definition) is 5. The summed E-state index contributed by atoms with van der Waals surface area (Å²) in [6, 6.07) is 17.6. The van der Waals surface area contributed by atoms with Gasteiger partial charge in [-0.15, -0.1) is 0 Å². The Morgan fingerprint density at radius 3 is 2.79 bits per heavy atom. The number of benzene rings is 2. The smallest absolute Gasteiger partial charge is 0.231 e. The lowest BCUT2D eigenvalue weighted by atomic mass is 10.0. The van der Waals surface area contributed by atoms with Crippen LogP contribution in [0.2, 0.25) is 0 Å². The molecule has 0 bridgehead atoms. The summed E-state index contributed by atoms with van der Waals surface area (Å²) in [5, 5.41) is 0. The van der Waals surface area contributed by atoms with E-state index in [2.05, 4.69) is 22.0 Å². The number of rotatable bonds is 3. The highest BCUT2D eigenvalue weighted by atomic mass is 16.5. The van der Waals surface area contributed by atoms with Gasteiger partial charge in [0.25, 0.3) is 0 Å². The van der Waals surface area contributed by atoms with Crippen molar-refractivity contribution in [3.05, 3.63) is 95.0 Å². The van der Waals surface area contributed by atoms with Gasteiger partial charge in [-0.1, -0.05) is 36.4 Å². The minimum absolute atomic E-state index is 0.109. The van der Waals surface area contributed by atoms with Crippen LogP contribution in [0.3, 0.4) is 0 Å². The summed E-state index contributed by atoms with van der Waals surface area (Å²) < 4.78 is 11.9. The summed E-state index contributed by atoms with van der Waals surface area (Å²) in [5.74, 6) is 1.59. The fraction of sp³-hybridized carbons (Fsp3) is 0.130. The van der Waals surface area contributed by atoms with E-state index in [1.807, 2.05) is 36.4 Å². The molecular weight excluding hydrogens is 352 g/mol. The maximum atomic E-state index is 12.8. The van der Waals surface area contributed by atoms with Crippen molar-refractivity contribution in [3.63, 3.8) is 0 Å². The lowest BCUT2D eigenvalue weighted by Crippen LogP contribution is -2.31. The number of ether oxygens (including phenoxy) is 2. The minimum atomic E-state index is -0.109. The summed E-state index contributed by atoms with van der Waals surface area (Å²) >= 11 is 0. The Bertz CT molecular complexity index is 1060. The van der Waals surface area contributed by atoms with Crippen molar-refractivity contribution in [2.45, 2.75) is 13.1 Å². The number of nitrogens with zero attached hydrogens (tertiary/aromatic N) is 2. The number of pyridine rings is 1. The van der Waals surface area contributed by atoms with E-state index in [-0.39, 0.29) is 5.78 Å². The number of hydrogen-bond donors (Lipinski definition) is 0. The fourth-order valence-corrected chi connectivity index (χ4v) is 3.56. The number of carbonyl (C=O) groups is 1. The molecule has 0 aliphatic carbocycles. The third kappa shape index (κ3) is 3.06. The van der Waals surface area contributed by atoms with Crippen molar-refractivity contribution in [3.8, 4) is 11.5 Å². The van der Waals surface area contributed by atoms with Crippen molar-refractivity contribution in [2.24, 2.45) is 0 Å². The lowest BCUT2D eigenvalue weighted by molar-refractivity contribution is 0.0873. The van der Waals surface area contributed by atoms with Crippen LogP contribution in [0.4, 0.5) is 0 Å². The molecule has 2 aliphatic rings. The number of carbonyl (C=O) groups excluding carboxylic acids is 1. The zero-order chi connectivity index (χ0) is 18.9. The Labute approximate surface area is 162 Å². The van der Waals surface area contributed by atoms with Gasteiger partial charge in [-0.2, -0.15) is 0 Å². The zero-order valence-corrected chi connectivity index (χ0v) is 15.2. The molecule has 0 saturated carbocycles. The van der Waals surface area contributed by atoms with Gasteiger partial charge in [0.1, 0.15) is 18.2 Å². The molecule has 2 aliphatic heterocycles. The molecule has 3 aromatic rings. The lowest BCUT2D eigenvalue weighted by Gasteiger charge is -2.29. The number of fused-ring (bicyclic) bond motifs is 3. The first-order valence-corrected chi connectivity index (χ1v) is 9.17. The quantitative estimate of drug-likeness (QED) is 0.651. The van der Waals surface area contributed by atoms with Crippen molar-refractivity contribution >= 4 is 11.9 Å². The van der Waals surface area contributed by atoms with Crippen LogP contribution in [0, 0.1) is 0 Å². The van der Waals surface area contributed by atoms with Crippen LogP contribution >= 0.6 is 0 Å². The van der Waals surface area contributed by atoms with E-state index < -0.39 is 0 Å². The van der Waals surface area contributed by atoms with Crippen LogP contribution in [-0.2, 0) is 13.1 Å². The Hall–Kier alpha value is -3.44. The summed E-state index contributed by atoms with van der Waals surface area (Å²) in [7, 11) is 0. The van der Waals surface area contributed by atoms with Crippen molar-refractivity contribution < 1.29 is 14.3 Å². The van der Waals surface area contributed by atoms with Gasteiger partial charge in [0.2, 0.25) is 5.78 Å². The number of Topliss-reactive ketones (excluding diaryl/α,β-unsaturated/α-hetero) is 1. The van der Waals surface area contributed by atoms with Gasteiger partial charge in [0.05, 0.1) is 11.1 Å². The first-order chi connectivity index (χ1) is 13.8. The molecule has 0 fully saturated rings. The molecule has 5 rings (SSSR count). The van der Waals surface area contributed by atoms with E-state index in [4.69, 9.17) is 9.47 Å². The second-order valence-electron chi connectivity index (χ2n) is 6.89. The monoisotopic (exact) mass is 370 g/mol. The number of allylic oxidation sites excluding steroid dienone is 1. The number of aromatic nitrogens is 1. The molecular formula is C23H18N2O3. The van der Waals surface area contributed by atoms with Crippen molar-refractivity contribution in [2.75, 3.05) is 6.73 Å². The molecule has 0 radical (unpaired) electrons. The third-order valence-corrected chi connectivity index (χ3v) is 4.91. The average Bonchev–Trinajstić information content (AvgIpc) is 3.05. The van der Waals surface area contributed by atoms with E-state index in [9.17, 15) is 4.79 Å². The molecule has 0 atom stereocenters. The van der Waals surface area contributed by atoms with Crippen LogP contribution < -0.4 is 9.47 Å². The molecule has 5 nitrogen and oxygen atoms in total. The largest absolute Gasteiger partial charge is 0.478 e. The highest BCUT2D eigenvalue weighted by molar-refractivity contribution is 6.15. The topological polar surface area (TPSA) is 51.7 Å². The average molecular weight is 370 g/mol. The van der Waals surface area contributed by atoms with Crippen LogP contribution in [0.1, 0.15) is 27.0 Å². The first-order valence-electron chi connectivity index (χ1n) is 9.17. The molecule has 138 valence electrons. The Balaban J connectivity index is 1.44. The molecule has 0 amide bonds. The first kappa shape index (κ1) is 16.7. The molecule has 2 aromatic carbocycles. The van der Waals surface area contributed by atoms with E-state index in [0.29, 0.717) is 30.3 Å². The standard InChI is InChI=1S/C23H18N2O3/c26-22-18-8-9-20-19(14-25(15-27-20)13-16-5-2-1-3-6-16)23(18)28-21(22)11-17-7-4-10-24-12-17/h1-12H,13-15H2/b21-11-. The van der Waals surface area contributed by atoms with Crippen LogP contribution in [-0.4, -0.2) is 22.4 Å². The fourth-order valence-electron chi connectivity index (χ4n) is 3.56. The van der Waals surface area contributed by atoms with E-state index in [1.54, 1.807) is 24.5 Å². The van der Waals surface area contributed by atoms with Gasteiger partial charge in [0.15, 0.2) is 5.76 Å². The summed E-state index contributed by atoms with van der Waals surface area (Å²) in [4.78, 5) is 19.1. The minimum Gasteiger partial charge on any atom is -0.478 e. The van der Waals surface area contributed by atoms with Gasteiger partial charge < -0.3 is 9.47 Å². The third-order valence-electron chi connectivity index (χ3n) is 4.91. The molecule has 5 heteroatoms. The van der Waals surface area contributed by atoms with Gasteiger partial charge in [-0.05, 0) is 35.4 Å². The van der Waals surface area contributed by atoms with Gasteiger partial charge in [0, 0.05) is 25.5 Å². The van der Waals surface area contributed by atoms with Crippen LogP contribution in [0.15, 0.2) is 72.8 Å². The summed E-state index contributed by atoms with van der Waals surface area (Å²) in [5.41, 5.74) is 3.55. The maximum absolute atomic E-state index is 12.8. The van der Waals surface area contributed by atoms with E-state index in [1.165, 1.54) is 5.56 Å². The highest BCUT2D eigenvalue weighted by Gasteiger charge is 2.33. The molecule has 0 N–H and O–H groups in total. The second kappa shape index (κ2) is 6.94. The molecule has 0 spiro atoms. The molecule has 28 heavy (non-hydrogen) atoms. The maximum Gasteiger partial charge on any atom is 0.231 e. The Morgan fingerprint density at radius 1 is 1.07 bits per heavy atom. The Morgan fingerprint density at radius 2 is 1.96 bits per heavy atom. The predicted molar refractivity (Wildman–Crippen MR) is 105 cm³/mol. The van der Waals surface area contributed by atoms with Gasteiger partial charge in [-0.25, -0.2) is 0 Å². The van der Waals surface area contributed by atoms with E-state index in [0.717, 1.165) is 23.4 Å². The number of ketones is 1. The molecule has 0 unspecified atom stereocenters. The van der Waals surface area contributed by atoms with Gasteiger partial charge >= 0.3 is 0 Å². The second-order valence-corrected chi connectivity index (χ2v) is 6.89. The summed E-state index contributed by atoms with van der Waals surface area (Å²) in [6.07, 6.45) is 5.13. The predicted octanol–water partition coefficient (Wildman–Crippen LogP) is 4.05. The van der Waals surface area contributed by atoms with Crippen molar-refractivity contribution in [1.82, 2.24) is 9.88 Å². The summed E-state index contributed by atoms with van der Waals surface area (Å²) in [6.45, 7) is 1.95. The zero-order valence-electron chi connectivity index (χ0n) is 15.2. The SMILES string of the molecule is O=C1/C(=C/c2cccnc2)Oc2c1ccc1c2CN(Cc2ccccc2)CO1. The van der Waals surface area contributed by atoms with Crippen molar-refractivity contribution in [1.29, 1.82) is 0 Å². The Kier molecular flexibility index (Phi) is 4.14. The van der Waals surface area contributed by atoms with Crippen LogP contribution in [0.25, 0.3) is 6.08 Å². The van der Waals surface area contributed by atoms with Gasteiger partial charge in [-0.3, -0.25) is 14.7 Å². The molecule has 3 heterocycles. The molecule has 1 aromatic heterocycles. The normalized spacial score (nSPS) is 17.0. The van der Waals surface area contributed by atoms with E-state index >= 15 is 0 Å².